The van der Waals surface area contributed by atoms with Crippen molar-refractivity contribution in [1.82, 2.24) is 13.9 Å². The smallest absolute Gasteiger partial charge is 0.243 e. The molecular weight excluding hydrogens is 495 g/mol. The van der Waals surface area contributed by atoms with Gasteiger partial charge in [-0.1, -0.05) is 19.9 Å². The Hall–Kier alpha value is -2.38. The number of anilines is 1. The summed E-state index contributed by atoms with van der Waals surface area (Å²) in [5.41, 5.74) is 0.216. The van der Waals surface area contributed by atoms with E-state index in [9.17, 15) is 26.0 Å². The Balaban J connectivity index is 1.80. The zero-order valence-corrected chi connectivity index (χ0v) is 21.4. The van der Waals surface area contributed by atoms with Gasteiger partial charge in [-0.3, -0.25) is 4.79 Å². The number of likely N-dealkylation sites (N-methyl/N-ethyl adjacent to an activating group) is 1. The number of amides is 1. The van der Waals surface area contributed by atoms with Crippen LogP contribution in [0.1, 0.15) is 26.7 Å². The van der Waals surface area contributed by atoms with Crippen molar-refractivity contribution in [2.24, 2.45) is 0 Å². The van der Waals surface area contributed by atoms with Crippen LogP contribution in [0.2, 0.25) is 0 Å². The molecule has 0 radical (unpaired) electrons. The van der Waals surface area contributed by atoms with E-state index in [1.54, 1.807) is 0 Å². The zero-order valence-electron chi connectivity index (χ0n) is 19.8. The summed E-state index contributed by atoms with van der Waals surface area (Å²) < 4.78 is 68.7. The van der Waals surface area contributed by atoms with E-state index in [1.165, 1.54) is 42.5 Å². The molecule has 35 heavy (non-hydrogen) atoms. The maximum Gasteiger partial charge on any atom is 0.243 e. The standard InChI is InChI=1S/C23H31FN4O5S2/c1-3-27(4-2)14-15-28(17-23(29)25-20-7-5-6-18(24)16-20)35(32,33)22-12-10-21(11-13-22)34(30,31)26-19-8-9-19/h5-7,10-13,16,19,26H,3-4,8-9,14-15,17H2,1-2H3,(H,25,29). The number of nitrogens with zero attached hydrogens (tertiary/aromatic N) is 2. The normalized spacial score (nSPS) is 14.4. The highest BCUT2D eigenvalue weighted by molar-refractivity contribution is 7.89. The molecule has 2 aromatic carbocycles. The van der Waals surface area contributed by atoms with Crippen molar-refractivity contribution in [2.45, 2.75) is 42.5 Å². The van der Waals surface area contributed by atoms with Gasteiger partial charge >= 0.3 is 0 Å². The van der Waals surface area contributed by atoms with Crippen LogP contribution in [0, 0.1) is 5.82 Å². The average molecular weight is 527 g/mol. The molecule has 1 fully saturated rings. The van der Waals surface area contributed by atoms with Gasteiger partial charge in [-0.25, -0.2) is 25.9 Å². The summed E-state index contributed by atoms with van der Waals surface area (Å²) in [5.74, 6) is -1.15. The zero-order chi connectivity index (χ0) is 25.6. The highest BCUT2D eigenvalue weighted by Crippen LogP contribution is 2.23. The lowest BCUT2D eigenvalue weighted by Gasteiger charge is -2.25. The van der Waals surface area contributed by atoms with Gasteiger partial charge in [0.15, 0.2) is 0 Å². The van der Waals surface area contributed by atoms with Gasteiger partial charge in [-0.2, -0.15) is 4.31 Å². The van der Waals surface area contributed by atoms with E-state index >= 15 is 0 Å². The monoisotopic (exact) mass is 526 g/mol. The number of carbonyl (C=O) groups is 1. The van der Waals surface area contributed by atoms with E-state index in [-0.39, 0.29) is 28.1 Å². The fourth-order valence-electron chi connectivity index (χ4n) is 3.43. The molecule has 1 amide bonds. The number of hydrogen-bond acceptors (Lipinski definition) is 6. The lowest BCUT2D eigenvalue weighted by molar-refractivity contribution is -0.116. The number of hydrogen-bond donors (Lipinski definition) is 2. The Labute approximate surface area is 206 Å². The number of carbonyl (C=O) groups excluding carboxylic acids is 1. The molecule has 1 aliphatic rings. The second kappa shape index (κ2) is 11.6. The SMILES string of the molecule is CCN(CC)CCN(CC(=O)Nc1cccc(F)c1)S(=O)(=O)c1ccc(S(=O)(=O)NC2CC2)cc1. The van der Waals surface area contributed by atoms with Crippen LogP contribution in [0.25, 0.3) is 0 Å². The Bertz CT molecular complexity index is 1230. The van der Waals surface area contributed by atoms with E-state index < -0.39 is 38.3 Å². The summed E-state index contributed by atoms with van der Waals surface area (Å²) in [7, 11) is -7.85. The third kappa shape index (κ3) is 7.55. The molecule has 0 spiro atoms. The van der Waals surface area contributed by atoms with Gasteiger partial charge in [0.25, 0.3) is 0 Å². The lowest BCUT2D eigenvalue weighted by Crippen LogP contribution is -2.42. The summed E-state index contributed by atoms with van der Waals surface area (Å²) in [4.78, 5) is 14.5. The van der Waals surface area contributed by atoms with Gasteiger partial charge in [-0.15, -0.1) is 0 Å². The molecule has 2 N–H and O–H groups in total. The molecule has 9 nitrogen and oxygen atoms in total. The van der Waals surface area contributed by atoms with Gasteiger partial charge < -0.3 is 10.2 Å². The summed E-state index contributed by atoms with van der Waals surface area (Å²) in [6.45, 7) is 5.28. The number of rotatable bonds is 13. The third-order valence-electron chi connectivity index (χ3n) is 5.66. The van der Waals surface area contributed by atoms with Gasteiger partial charge in [0, 0.05) is 24.8 Å². The van der Waals surface area contributed by atoms with Gasteiger partial charge in [0.2, 0.25) is 26.0 Å². The molecule has 1 saturated carbocycles. The summed E-state index contributed by atoms with van der Waals surface area (Å²) in [5, 5.41) is 2.52. The van der Waals surface area contributed by atoms with E-state index in [4.69, 9.17) is 0 Å². The maximum absolute atomic E-state index is 13.5. The fraction of sp³-hybridized carbons (Fsp3) is 0.435. The molecule has 0 aliphatic heterocycles. The molecule has 192 valence electrons. The Morgan fingerprint density at radius 3 is 2.17 bits per heavy atom. The Kier molecular flexibility index (Phi) is 9.00. The predicted octanol–water partition coefficient (Wildman–Crippen LogP) is 2.24. The second-order valence-corrected chi connectivity index (χ2v) is 11.9. The Morgan fingerprint density at radius 2 is 1.60 bits per heavy atom. The number of halogens is 1. The van der Waals surface area contributed by atoms with Gasteiger partial charge in [-0.05, 0) is 68.4 Å². The highest BCUT2D eigenvalue weighted by atomic mass is 32.2. The molecule has 1 aliphatic carbocycles. The quantitative estimate of drug-likeness (QED) is 0.414. The highest BCUT2D eigenvalue weighted by Gasteiger charge is 2.30. The molecule has 0 saturated heterocycles. The lowest BCUT2D eigenvalue weighted by atomic mass is 10.3. The van der Waals surface area contributed by atoms with Crippen molar-refractivity contribution in [2.75, 3.05) is 38.0 Å². The van der Waals surface area contributed by atoms with E-state index in [1.807, 2.05) is 18.7 Å². The van der Waals surface area contributed by atoms with Crippen molar-refractivity contribution in [3.63, 3.8) is 0 Å². The number of sulfonamides is 2. The van der Waals surface area contributed by atoms with Crippen LogP contribution < -0.4 is 10.0 Å². The minimum absolute atomic E-state index is 0.0260. The molecule has 0 atom stereocenters. The topological polar surface area (TPSA) is 116 Å². The minimum atomic E-state index is -4.13. The van der Waals surface area contributed by atoms with Crippen LogP contribution in [-0.2, 0) is 24.8 Å². The molecule has 0 aromatic heterocycles. The first-order chi connectivity index (χ1) is 16.5. The average Bonchev–Trinajstić information content (AvgIpc) is 3.62. The first kappa shape index (κ1) is 27.2. The van der Waals surface area contributed by atoms with Crippen LogP contribution >= 0.6 is 0 Å². The molecule has 0 unspecified atom stereocenters. The van der Waals surface area contributed by atoms with Crippen LogP contribution in [0.3, 0.4) is 0 Å². The molecule has 2 aromatic rings. The Morgan fingerprint density at radius 1 is 0.971 bits per heavy atom. The summed E-state index contributed by atoms with van der Waals surface area (Å²) in [6, 6.07) is 10.2. The van der Waals surface area contributed by atoms with Gasteiger partial charge in [0.05, 0.1) is 16.3 Å². The minimum Gasteiger partial charge on any atom is -0.325 e. The number of benzene rings is 2. The predicted molar refractivity (Wildman–Crippen MR) is 131 cm³/mol. The van der Waals surface area contributed by atoms with Crippen molar-refractivity contribution < 1.29 is 26.0 Å². The van der Waals surface area contributed by atoms with Crippen LogP contribution in [-0.4, -0.2) is 70.7 Å². The van der Waals surface area contributed by atoms with Crippen molar-refractivity contribution >= 4 is 31.6 Å². The number of nitrogens with one attached hydrogen (secondary N) is 2. The van der Waals surface area contributed by atoms with E-state index in [0.717, 1.165) is 23.2 Å². The maximum atomic E-state index is 13.5. The third-order valence-corrected chi connectivity index (χ3v) is 9.06. The first-order valence-corrected chi connectivity index (χ1v) is 14.4. The molecule has 0 heterocycles. The summed E-state index contributed by atoms with van der Waals surface area (Å²) >= 11 is 0. The largest absolute Gasteiger partial charge is 0.325 e. The van der Waals surface area contributed by atoms with Crippen LogP contribution in [0.15, 0.2) is 58.3 Å². The molecular formula is C23H31FN4O5S2. The van der Waals surface area contributed by atoms with Crippen molar-refractivity contribution in [3.8, 4) is 0 Å². The second-order valence-electron chi connectivity index (χ2n) is 8.29. The van der Waals surface area contributed by atoms with Crippen LogP contribution in [0.4, 0.5) is 10.1 Å². The van der Waals surface area contributed by atoms with E-state index in [2.05, 4.69) is 10.0 Å². The van der Waals surface area contributed by atoms with Crippen molar-refractivity contribution in [1.29, 1.82) is 0 Å². The summed E-state index contributed by atoms with van der Waals surface area (Å²) in [6.07, 6.45) is 1.57. The molecule has 0 bridgehead atoms. The molecule has 12 heteroatoms. The fourth-order valence-corrected chi connectivity index (χ4v) is 6.12. The van der Waals surface area contributed by atoms with E-state index in [0.29, 0.717) is 19.6 Å². The van der Waals surface area contributed by atoms with Crippen molar-refractivity contribution in [3.05, 3.63) is 54.3 Å². The van der Waals surface area contributed by atoms with Crippen LogP contribution in [0.5, 0.6) is 0 Å². The van der Waals surface area contributed by atoms with Gasteiger partial charge in [0.1, 0.15) is 5.82 Å². The first-order valence-electron chi connectivity index (χ1n) is 11.5. The molecule has 3 rings (SSSR count).